The van der Waals surface area contributed by atoms with Gasteiger partial charge in [-0.2, -0.15) is 0 Å². The summed E-state index contributed by atoms with van der Waals surface area (Å²) in [6.45, 7) is 5.58. The summed E-state index contributed by atoms with van der Waals surface area (Å²) in [6, 6.07) is 9.64. The SMILES string of the molecule is CCO[SiH](CC)OCc1cccc(CCC(Br)Br)c1. The summed E-state index contributed by atoms with van der Waals surface area (Å²) in [5, 5.41) is 0. The standard InChI is InChI=1S/C14H22Br2O2Si/c1-3-17-19(4-2)18-11-13-7-5-6-12(10-13)8-9-14(15)16/h5-7,10,14,19H,3-4,8-9,11H2,1-2H3. The number of hydrogen-bond donors (Lipinski definition) is 0. The van der Waals surface area contributed by atoms with Crippen LogP contribution in [-0.4, -0.2) is 19.6 Å². The molecule has 0 radical (unpaired) electrons. The lowest BCUT2D eigenvalue weighted by molar-refractivity contribution is 0.197. The molecule has 0 aliphatic rings. The van der Waals surface area contributed by atoms with Crippen LogP contribution in [0.2, 0.25) is 6.04 Å². The number of hydrogen-bond acceptors (Lipinski definition) is 2. The molecule has 0 heterocycles. The molecule has 0 saturated carbocycles. The van der Waals surface area contributed by atoms with Crippen molar-refractivity contribution in [3.8, 4) is 0 Å². The van der Waals surface area contributed by atoms with Gasteiger partial charge < -0.3 is 8.85 Å². The van der Waals surface area contributed by atoms with Gasteiger partial charge in [0.25, 0.3) is 0 Å². The average molecular weight is 410 g/mol. The topological polar surface area (TPSA) is 18.5 Å². The summed E-state index contributed by atoms with van der Waals surface area (Å²) >= 11 is 7.02. The predicted molar refractivity (Wildman–Crippen MR) is 90.5 cm³/mol. The first-order valence-electron chi connectivity index (χ1n) is 6.74. The van der Waals surface area contributed by atoms with Gasteiger partial charge in [0.2, 0.25) is 0 Å². The molecule has 108 valence electrons. The molecule has 5 heteroatoms. The second kappa shape index (κ2) is 10.1. The first kappa shape index (κ1) is 17.4. The fourth-order valence-corrected chi connectivity index (χ4v) is 3.59. The number of benzene rings is 1. The third kappa shape index (κ3) is 7.61. The van der Waals surface area contributed by atoms with Gasteiger partial charge in [-0.15, -0.1) is 0 Å². The van der Waals surface area contributed by atoms with Crippen LogP contribution < -0.4 is 0 Å². The second-order valence-corrected chi connectivity index (χ2v) is 10.1. The molecule has 0 aliphatic heterocycles. The predicted octanol–water partition coefficient (Wildman–Crippen LogP) is 4.53. The average Bonchev–Trinajstić information content (AvgIpc) is 2.41. The lowest BCUT2D eigenvalue weighted by Crippen LogP contribution is -2.21. The highest BCUT2D eigenvalue weighted by Gasteiger charge is 2.09. The monoisotopic (exact) mass is 408 g/mol. The van der Waals surface area contributed by atoms with Gasteiger partial charge >= 0.3 is 9.28 Å². The van der Waals surface area contributed by atoms with Gasteiger partial charge in [-0.1, -0.05) is 63.0 Å². The molecule has 0 spiro atoms. The molecule has 0 saturated heterocycles. The maximum Gasteiger partial charge on any atom is 0.321 e. The molecular formula is C14H22Br2O2Si. The summed E-state index contributed by atoms with van der Waals surface area (Å²) in [7, 11) is -1.45. The quantitative estimate of drug-likeness (QED) is 0.440. The van der Waals surface area contributed by atoms with E-state index in [4.69, 9.17) is 8.85 Å². The summed E-state index contributed by atoms with van der Waals surface area (Å²) in [5.41, 5.74) is 2.60. The first-order valence-corrected chi connectivity index (χ1v) is 10.3. The van der Waals surface area contributed by atoms with E-state index in [-0.39, 0.29) is 0 Å². The molecule has 0 aliphatic carbocycles. The summed E-state index contributed by atoms with van der Waals surface area (Å²) < 4.78 is 11.9. The van der Waals surface area contributed by atoms with Crippen LogP contribution >= 0.6 is 31.9 Å². The fraction of sp³-hybridized carbons (Fsp3) is 0.571. The van der Waals surface area contributed by atoms with Crippen molar-refractivity contribution in [1.82, 2.24) is 0 Å². The van der Waals surface area contributed by atoms with Crippen molar-refractivity contribution in [3.05, 3.63) is 35.4 Å². The highest BCUT2D eigenvalue weighted by atomic mass is 79.9. The van der Waals surface area contributed by atoms with E-state index in [0.717, 1.165) is 25.5 Å². The Morgan fingerprint density at radius 1 is 1.16 bits per heavy atom. The number of alkyl halides is 2. The van der Waals surface area contributed by atoms with Crippen LogP contribution in [0.1, 0.15) is 31.4 Å². The summed E-state index contributed by atoms with van der Waals surface area (Å²) in [4.78, 5) is 0. The maximum atomic E-state index is 5.90. The van der Waals surface area contributed by atoms with Gasteiger partial charge in [0.1, 0.15) is 0 Å². The van der Waals surface area contributed by atoms with Crippen molar-refractivity contribution < 1.29 is 8.85 Å². The van der Waals surface area contributed by atoms with Crippen LogP contribution in [0.25, 0.3) is 0 Å². The molecule has 2 nitrogen and oxygen atoms in total. The largest absolute Gasteiger partial charge is 0.397 e. The van der Waals surface area contributed by atoms with Gasteiger partial charge in [-0.05, 0) is 36.9 Å². The Balaban J connectivity index is 2.47. The van der Waals surface area contributed by atoms with Crippen LogP contribution in [0.5, 0.6) is 0 Å². The molecule has 0 aromatic heterocycles. The molecule has 1 aromatic rings. The van der Waals surface area contributed by atoms with Crippen molar-refractivity contribution in [2.24, 2.45) is 0 Å². The van der Waals surface area contributed by atoms with Crippen molar-refractivity contribution >= 4 is 41.1 Å². The molecule has 1 unspecified atom stereocenters. The zero-order chi connectivity index (χ0) is 14.1. The van der Waals surface area contributed by atoms with Crippen LogP contribution in [0.4, 0.5) is 0 Å². The molecule has 19 heavy (non-hydrogen) atoms. The Kier molecular flexibility index (Phi) is 9.24. The molecule has 1 atom stereocenters. The van der Waals surface area contributed by atoms with E-state index in [1.54, 1.807) is 0 Å². The zero-order valence-corrected chi connectivity index (χ0v) is 15.9. The Labute approximate surface area is 135 Å². The normalized spacial score (nSPS) is 12.9. The third-order valence-electron chi connectivity index (χ3n) is 2.76. The lowest BCUT2D eigenvalue weighted by Gasteiger charge is -2.14. The van der Waals surface area contributed by atoms with Gasteiger partial charge in [0, 0.05) is 6.61 Å². The van der Waals surface area contributed by atoms with Gasteiger partial charge in [0.05, 0.1) is 10.3 Å². The van der Waals surface area contributed by atoms with Crippen LogP contribution in [0.3, 0.4) is 0 Å². The minimum Gasteiger partial charge on any atom is -0.397 e. The van der Waals surface area contributed by atoms with E-state index >= 15 is 0 Å². The van der Waals surface area contributed by atoms with Gasteiger partial charge in [-0.3, -0.25) is 0 Å². The zero-order valence-electron chi connectivity index (χ0n) is 11.6. The first-order chi connectivity index (χ1) is 9.15. The van der Waals surface area contributed by atoms with E-state index in [9.17, 15) is 0 Å². The molecule has 1 aromatic carbocycles. The van der Waals surface area contributed by atoms with Crippen molar-refractivity contribution in [3.63, 3.8) is 0 Å². The Bertz CT molecular complexity index is 361. The smallest absolute Gasteiger partial charge is 0.321 e. The van der Waals surface area contributed by atoms with Crippen molar-refractivity contribution in [2.45, 2.75) is 43.1 Å². The Hall–Kier alpha value is 0.317. The van der Waals surface area contributed by atoms with Crippen LogP contribution in [-0.2, 0) is 21.9 Å². The molecular weight excluding hydrogens is 388 g/mol. The molecule has 0 N–H and O–H groups in total. The Morgan fingerprint density at radius 2 is 1.89 bits per heavy atom. The second-order valence-electron chi connectivity index (χ2n) is 4.35. The minimum atomic E-state index is -1.45. The highest BCUT2D eigenvalue weighted by molar-refractivity contribution is 9.24. The van der Waals surface area contributed by atoms with E-state index in [2.05, 4.69) is 63.0 Å². The van der Waals surface area contributed by atoms with Gasteiger partial charge in [-0.25, -0.2) is 0 Å². The lowest BCUT2D eigenvalue weighted by atomic mass is 10.1. The van der Waals surface area contributed by atoms with E-state index in [1.165, 1.54) is 11.1 Å². The highest BCUT2D eigenvalue weighted by Crippen LogP contribution is 2.17. The summed E-state index contributed by atoms with van der Waals surface area (Å²) in [5.74, 6) is 0. The van der Waals surface area contributed by atoms with Crippen molar-refractivity contribution in [2.75, 3.05) is 6.61 Å². The number of rotatable bonds is 9. The molecule has 1 rings (SSSR count). The van der Waals surface area contributed by atoms with Crippen LogP contribution in [0, 0.1) is 0 Å². The van der Waals surface area contributed by atoms with E-state index < -0.39 is 9.28 Å². The fourth-order valence-electron chi connectivity index (χ4n) is 1.81. The van der Waals surface area contributed by atoms with E-state index in [0.29, 0.717) is 10.3 Å². The van der Waals surface area contributed by atoms with Gasteiger partial charge in [0.15, 0.2) is 0 Å². The molecule has 0 bridgehead atoms. The number of aryl methyl sites for hydroxylation is 1. The molecule has 0 amide bonds. The number of halogens is 2. The minimum absolute atomic E-state index is 0.384. The summed E-state index contributed by atoms with van der Waals surface area (Å²) in [6.07, 6.45) is 2.14. The van der Waals surface area contributed by atoms with Crippen molar-refractivity contribution in [1.29, 1.82) is 0 Å². The van der Waals surface area contributed by atoms with Crippen LogP contribution in [0.15, 0.2) is 24.3 Å². The Morgan fingerprint density at radius 3 is 2.53 bits per heavy atom. The third-order valence-corrected chi connectivity index (χ3v) is 5.59. The van der Waals surface area contributed by atoms with E-state index in [1.807, 2.05) is 6.92 Å². The maximum absolute atomic E-state index is 5.90. The molecule has 0 fully saturated rings.